The molecule has 0 radical (unpaired) electrons. The largest absolute Gasteiger partial charge is 0.310 e. The van der Waals surface area contributed by atoms with Gasteiger partial charge in [0.25, 0.3) is 0 Å². The van der Waals surface area contributed by atoms with Crippen molar-refractivity contribution in [3.8, 4) is 39.1 Å². The molecule has 0 aliphatic heterocycles. The molecule has 84 heavy (non-hydrogen) atoms. The van der Waals surface area contributed by atoms with E-state index in [1.807, 2.05) is 22.7 Å². The molecule has 1 spiro atoms. The Morgan fingerprint density at radius 1 is 0.310 bits per heavy atom. The van der Waals surface area contributed by atoms with Gasteiger partial charge in [-0.3, -0.25) is 0 Å². The summed E-state index contributed by atoms with van der Waals surface area (Å²) in [6.45, 7) is 0. The van der Waals surface area contributed by atoms with Crippen molar-refractivity contribution in [1.29, 1.82) is 0 Å². The molecular formula is C79H49N3S2. The summed E-state index contributed by atoms with van der Waals surface area (Å²) < 4.78 is 7.56. The van der Waals surface area contributed by atoms with Crippen LogP contribution in [0.1, 0.15) is 22.3 Å². The van der Waals surface area contributed by atoms with E-state index in [9.17, 15) is 0 Å². The Kier molecular flexibility index (Phi) is 10.3. The summed E-state index contributed by atoms with van der Waals surface area (Å²) >= 11 is 3.76. The lowest BCUT2D eigenvalue weighted by molar-refractivity contribution is 0.794. The summed E-state index contributed by atoms with van der Waals surface area (Å²) in [4.78, 5) is 5.03. The minimum Gasteiger partial charge on any atom is -0.310 e. The van der Waals surface area contributed by atoms with Crippen molar-refractivity contribution >= 4 is 119 Å². The smallest absolute Gasteiger partial charge is 0.0726 e. The fourth-order valence-electron chi connectivity index (χ4n) is 14.6. The number of anilines is 6. The lowest BCUT2D eigenvalue weighted by atomic mass is 9.70. The molecule has 0 saturated heterocycles. The van der Waals surface area contributed by atoms with Crippen molar-refractivity contribution in [2.75, 3.05) is 9.80 Å². The zero-order chi connectivity index (χ0) is 55.0. The van der Waals surface area contributed by atoms with Crippen molar-refractivity contribution < 1.29 is 0 Å². The molecule has 2 aliphatic rings. The first-order valence-electron chi connectivity index (χ1n) is 28.8. The van der Waals surface area contributed by atoms with Crippen LogP contribution in [-0.2, 0) is 5.41 Å². The second-order valence-corrected chi connectivity index (χ2v) is 24.4. The molecule has 0 amide bonds. The Morgan fingerprint density at radius 2 is 0.845 bits per heavy atom. The van der Waals surface area contributed by atoms with Gasteiger partial charge in [0.1, 0.15) is 0 Å². The van der Waals surface area contributed by atoms with E-state index in [0.717, 1.165) is 45.4 Å². The molecule has 16 aromatic rings. The first kappa shape index (κ1) is 47.4. The lowest BCUT2D eigenvalue weighted by Crippen LogP contribution is -2.26. The summed E-state index contributed by atoms with van der Waals surface area (Å²) in [5.41, 5.74) is 22.2. The quantitative estimate of drug-likeness (QED) is 0.150. The van der Waals surface area contributed by atoms with Gasteiger partial charge in [-0.25, -0.2) is 0 Å². The van der Waals surface area contributed by atoms with Crippen LogP contribution in [0.4, 0.5) is 34.1 Å². The molecule has 2 aliphatic carbocycles. The van der Waals surface area contributed by atoms with Gasteiger partial charge in [-0.15, -0.1) is 22.7 Å². The number of benzene rings is 13. The average molecular weight is 1100 g/mol. The standard InChI is InChI=1S/C79H49N3S2/c1-4-23-51(24-5-1)80(54-43-44-61-60-32-14-20-41-72(60)83-74(61)48-54)55-45-50(64-49-65-59-31-13-19-39-70(59)82(53-27-8-3-9-28-53)77(65)76-63-34-15-21-42-73(63)84-78(64)76)46-56(47-55)81(52-25-6-2-7-26-52)71-40-22-38-69-75(71)62-33-12-18-37-68(62)79(69)66-35-16-10-29-57(66)58-30-11-17-36-67(58)79/h1-49H. The number of hydrogen-bond acceptors (Lipinski definition) is 4. The van der Waals surface area contributed by atoms with E-state index in [-0.39, 0.29) is 0 Å². The molecular weight excluding hydrogens is 1060 g/mol. The van der Waals surface area contributed by atoms with Gasteiger partial charge in [-0.05, 0) is 142 Å². The minimum absolute atomic E-state index is 0.513. The highest BCUT2D eigenvalue weighted by molar-refractivity contribution is 7.26. The number of aromatic nitrogens is 1. The maximum Gasteiger partial charge on any atom is 0.0726 e. The predicted octanol–water partition coefficient (Wildman–Crippen LogP) is 22.5. The van der Waals surface area contributed by atoms with Crippen LogP contribution in [0.2, 0.25) is 0 Å². The van der Waals surface area contributed by atoms with Crippen LogP contribution < -0.4 is 9.80 Å². The van der Waals surface area contributed by atoms with Gasteiger partial charge in [0.05, 0.1) is 22.1 Å². The van der Waals surface area contributed by atoms with Crippen molar-refractivity contribution in [2.24, 2.45) is 0 Å². The fraction of sp³-hybridized carbons (Fsp3) is 0.0127. The first-order chi connectivity index (χ1) is 41.7. The summed E-state index contributed by atoms with van der Waals surface area (Å²) in [6, 6.07) is 111. The van der Waals surface area contributed by atoms with Crippen molar-refractivity contribution in [2.45, 2.75) is 5.41 Å². The maximum atomic E-state index is 2.55. The molecule has 0 bridgehead atoms. The molecule has 0 atom stereocenters. The Bertz CT molecular complexity index is 5300. The molecule has 0 fully saturated rings. The van der Waals surface area contributed by atoms with Gasteiger partial charge >= 0.3 is 0 Å². The highest BCUT2D eigenvalue weighted by atomic mass is 32.1. The van der Waals surface area contributed by atoms with Crippen LogP contribution in [0.5, 0.6) is 0 Å². The first-order valence-corrected chi connectivity index (χ1v) is 30.4. The van der Waals surface area contributed by atoms with Gasteiger partial charge in [0, 0.05) is 96.4 Å². The third-order valence-corrected chi connectivity index (χ3v) is 20.3. The van der Waals surface area contributed by atoms with Crippen LogP contribution in [0.3, 0.4) is 0 Å². The Hall–Kier alpha value is -10.3. The normalized spacial score (nSPS) is 12.9. The van der Waals surface area contributed by atoms with Crippen molar-refractivity contribution in [3.63, 3.8) is 0 Å². The third-order valence-electron chi connectivity index (χ3n) is 17.9. The van der Waals surface area contributed by atoms with E-state index in [1.54, 1.807) is 0 Å². The van der Waals surface area contributed by atoms with Crippen molar-refractivity contribution in [1.82, 2.24) is 4.57 Å². The number of rotatable bonds is 8. The molecule has 13 aromatic carbocycles. The zero-order valence-electron chi connectivity index (χ0n) is 45.4. The summed E-state index contributed by atoms with van der Waals surface area (Å²) in [6.07, 6.45) is 0. The van der Waals surface area contributed by atoms with Gasteiger partial charge in [0.2, 0.25) is 0 Å². The van der Waals surface area contributed by atoms with E-state index in [0.29, 0.717) is 0 Å². The molecule has 0 N–H and O–H groups in total. The molecule has 0 saturated carbocycles. The molecule has 0 unspecified atom stereocenters. The van der Waals surface area contributed by atoms with Crippen LogP contribution in [0, 0.1) is 0 Å². The monoisotopic (exact) mass is 1100 g/mol. The van der Waals surface area contributed by atoms with Crippen LogP contribution in [-0.4, -0.2) is 4.57 Å². The lowest BCUT2D eigenvalue weighted by Gasteiger charge is -2.33. The Labute approximate surface area is 494 Å². The van der Waals surface area contributed by atoms with E-state index in [4.69, 9.17) is 0 Å². The number of fused-ring (bicyclic) bond motifs is 20. The molecule has 3 nitrogen and oxygen atoms in total. The number of hydrogen-bond donors (Lipinski definition) is 0. The van der Waals surface area contributed by atoms with Gasteiger partial charge in [-0.2, -0.15) is 0 Å². The Balaban J connectivity index is 0.963. The molecule has 3 aromatic heterocycles. The van der Waals surface area contributed by atoms with Crippen LogP contribution in [0.15, 0.2) is 297 Å². The molecule has 3 heterocycles. The molecule has 392 valence electrons. The number of nitrogens with zero attached hydrogens (tertiary/aromatic N) is 3. The highest BCUT2D eigenvalue weighted by Crippen LogP contribution is 2.65. The van der Waals surface area contributed by atoms with Gasteiger partial charge < -0.3 is 14.4 Å². The summed E-state index contributed by atoms with van der Waals surface area (Å²) in [5.74, 6) is 0. The fourth-order valence-corrected chi connectivity index (χ4v) is 17.0. The van der Waals surface area contributed by atoms with E-state index in [1.165, 1.54) is 112 Å². The van der Waals surface area contributed by atoms with E-state index >= 15 is 0 Å². The van der Waals surface area contributed by atoms with Crippen LogP contribution >= 0.6 is 22.7 Å². The number of thiophene rings is 2. The second kappa shape index (κ2) is 18.4. The predicted molar refractivity (Wildman–Crippen MR) is 358 cm³/mol. The SMILES string of the molecule is c1ccc(N(c2cc(-c3cc4c5ccccc5n(-c5ccccc5)c4c4c3sc3ccccc34)cc(N(c3ccccc3)c3cccc4c3-c3ccccc3C43c4ccccc4-c4ccccc43)c2)c2ccc3c(c2)sc2ccccc23)cc1. The zero-order valence-corrected chi connectivity index (χ0v) is 47.1. The van der Waals surface area contributed by atoms with Crippen molar-refractivity contribution in [3.05, 3.63) is 320 Å². The van der Waals surface area contributed by atoms with Gasteiger partial charge in [0.15, 0.2) is 0 Å². The topological polar surface area (TPSA) is 11.4 Å². The van der Waals surface area contributed by atoms with Crippen LogP contribution in [0.25, 0.3) is 101 Å². The summed E-state index contributed by atoms with van der Waals surface area (Å²) in [7, 11) is 0. The van der Waals surface area contributed by atoms with Gasteiger partial charge in [-0.1, -0.05) is 200 Å². The average Bonchev–Trinajstić information content (AvgIpc) is 1.65. The second-order valence-electron chi connectivity index (χ2n) is 22.3. The number of para-hydroxylation sites is 4. The minimum atomic E-state index is -0.513. The molecule has 5 heteroatoms. The van der Waals surface area contributed by atoms with E-state index < -0.39 is 5.41 Å². The third kappa shape index (κ3) is 6.73. The molecule has 18 rings (SSSR count). The maximum absolute atomic E-state index is 2.55. The van der Waals surface area contributed by atoms with E-state index in [2.05, 4.69) is 312 Å². The Morgan fingerprint density at radius 3 is 1.56 bits per heavy atom. The summed E-state index contributed by atoms with van der Waals surface area (Å²) in [5, 5.41) is 7.54. The highest BCUT2D eigenvalue weighted by Gasteiger charge is 2.52.